The zero-order valence-corrected chi connectivity index (χ0v) is 10.4. The molecule has 1 aromatic rings. The Labute approximate surface area is 101 Å². The number of halogens is 3. The smallest absolute Gasteiger partial charge is 0.0959 e. The number of allylic oxidation sites excluding steroid dienone is 1. The van der Waals surface area contributed by atoms with E-state index in [9.17, 15) is 0 Å². The summed E-state index contributed by atoms with van der Waals surface area (Å²) in [5.41, 5.74) is 1.12. The minimum Gasteiger partial charge on any atom is -0.193 e. The highest BCUT2D eigenvalue weighted by molar-refractivity contribution is 9.10. The first-order valence-corrected chi connectivity index (χ1v) is 5.33. The van der Waals surface area contributed by atoms with Crippen LogP contribution in [-0.4, -0.2) is 0 Å². The maximum absolute atomic E-state index is 8.68. The molecule has 0 N–H and O–H groups in total. The molecule has 0 unspecified atom stereocenters. The maximum atomic E-state index is 8.68. The molecule has 0 radical (unpaired) electrons. The van der Waals surface area contributed by atoms with Gasteiger partial charge >= 0.3 is 0 Å². The van der Waals surface area contributed by atoms with Gasteiger partial charge in [-0.3, -0.25) is 0 Å². The van der Waals surface area contributed by atoms with Gasteiger partial charge in [0.1, 0.15) is 0 Å². The van der Waals surface area contributed by atoms with Crippen LogP contribution in [0.25, 0.3) is 5.03 Å². The van der Waals surface area contributed by atoms with E-state index >= 15 is 0 Å². The summed E-state index contributed by atoms with van der Waals surface area (Å²) < 4.78 is 0.876. The number of rotatable bonds is 1. The molecule has 0 saturated heterocycles. The quantitative estimate of drug-likeness (QED) is 0.694. The van der Waals surface area contributed by atoms with Crippen molar-refractivity contribution in [2.45, 2.75) is 6.92 Å². The molecule has 0 bridgehead atoms. The van der Waals surface area contributed by atoms with Gasteiger partial charge in [-0.05, 0) is 25.1 Å². The van der Waals surface area contributed by atoms with E-state index in [2.05, 4.69) is 15.9 Å². The van der Waals surface area contributed by atoms with Crippen LogP contribution in [0.1, 0.15) is 12.5 Å². The van der Waals surface area contributed by atoms with Crippen LogP contribution in [-0.2, 0) is 0 Å². The lowest BCUT2D eigenvalue weighted by molar-refractivity contribution is 1.45. The van der Waals surface area contributed by atoms with Crippen LogP contribution in [0.3, 0.4) is 0 Å². The van der Waals surface area contributed by atoms with E-state index in [0.717, 1.165) is 4.47 Å². The van der Waals surface area contributed by atoms with Crippen molar-refractivity contribution in [3.05, 3.63) is 38.8 Å². The van der Waals surface area contributed by atoms with Crippen molar-refractivity contribution in [3.8, 4) is 6.07 Å². The molecule has 14 heavy (non-hydrogen) atoms. The molecule has 0 aliphatic heterocycles. The zero-order valence-electron chi connectivity index (χ0n) is 7.31. The summed E-state index contributed by atoms with van der Waals surface area (Å²) in [6.07, 6.45) is 0. The molecule has 0 aliphatic carbocycles. The van der Waals surface area contributed by atoms with Crippen LogP contribution < -0.4 is 0 Å². The minimum absolute atomic E-state index is 0.388. The molecule has 1 aromatic carbocycles. The summed E-state index contributed by atoms with van der Waals surface area (Å²) >= 11 is 15.2. The molecule has 4 heteroatoms. The Morgan fingerprint density at radius 2 is 2.14 bits per heavy atom. The Morgan fingerprint density at radius 1 is 1.50 bits per heavy atom. The average Bonchev–Trinajstić information content (AvgIpc) is 2.19. The Hall–Kier alpha value is -0.490. The number of nitrogens with zero attached hydrogens (tertiary/aromatic N) is 1. The van der Waals surface area contributed by atoms with Gasteiger partial charge in [-0.1, -0.05) is 39.1 Å². The first kappa shape index (κ1) is 11.6. The second-order valence-electron chi connectivity index (χ2n) is 2.67. The first-order valence-electron chi connectivity index (χ1n) is 3.78. The van der Waals surface area contributed by atoms with Crippen molar-refractivity contribution in [3.63, 3.8) is 0 Å². The third kappa shape index (κ3) is 2.51. The van der Waals surface area contributed by atoms with Crippen LogP contribution >= 0.6 is 39.1 Å². The number of hydrogen-bond acceptors (Lipinski definition) is 1. The third-order valence-corrected chi connectivity index (χ3v) is 2.97. The van der Waals surface area contributed by atoms with Crippen LogP contribution in [0.15, 0.2) is 28.2 Å². The summed E-state index contributed by atoms with van der Waals surface area (Å²) in [7, 11) is 0. The Kier molecular flexibility index (Phi) is 4.00. The monoisotopic (exact) mass is 289 g/mol. The van der Waals surface area contributed by atoms with Gasteiger partial charge < -0.3 is 0 Å². The molecular weight excluding hydrogens is 285 g/mol. The largest absolute Gasteiger partial charge is 0.193 e. The topological polar surface area (TPSA) is 23.8 Å². The lowest BCUT2D eigenvalue weighted by Crippen LogP contribution is -1.83. The van der Waals surface area contributed by atoms with E-state index in [1.54, 1.807) is 19.1 Å². The van der Waals surface area contributed by atoms with Crippen LogP contribution in [0.4, 0.5) is 0 Å². The van der Waals surface area contributed by atoms with Crippen LogP contribution in [0, 0.1) is 11.3 Å². The highest BCUT2D eigenvalue weighted by Gasteiger charge is 2.07. The summed E-state index contributed by atoms with van der Waals surface area (Å²) in [6.45, 7) is 1.65. The molecule has 0 aliphatic rings. The number of benzene rings is 1. The van der Waals surface area contributed by atoms with Crippen molar-refractivity contribution < 1.29 is 0 Å². The standard InChI is InChI=1S/C10H6BrCl2N/c1-6(5-14)10(13)8-4-7(11)2-3-9(8)12/h2-4H,1H3. The zero-order chi connectivity index (χ0) is 10.7. The summed E-state index contributed by atoms with van der Waals surface area (Å²) in [4.78, 5) is 0. The molecule has 0 aromatic heterocycles. The Balaban J connectivity index is 3.34. The minimum atomic E-state index is 0.388. The predicted molar refractivity (Wildman–Crippen MR) is 63.2 cm³/mol. The highest BCUT2D eigenvalue weighted by atomic mass is 79.9. The lowest BCUT2D eigenvalue weighted by atomic mass is 10.1. The molecule has 0 fully saturated rings. The van der Waals surface area contributed by atoms with E-state index < -0.39 is 0 Å². The molecule has 0 heterocycles. The molecule has 1 rings (SSSR count). The first-order chi connectivity index (χ1) is 6.56. The molecule has 1 nitrogen and oxygen atoms in total. The van der Waals surface area contributed by atoms with Crippen molar-refractivity contribution in [2.75, 3.05) is 0 Å². The van der Waals surface area contributed by atoms with Crippen molar-refractivity contribution >= 4 is 44.2 Å². The van der Waals surface area contributed by atoms with E-state index in [1.165, 1.54) is 0 Å². The second-order valence-corrected chi connectivity index (χ2v) is 4.38. The lowest BCUT2D eigenvalue weighted by Gasteiger charge is -2.03. The maximum Gasteiger partial charge on any atom is 0.0959 e. The van der Waals surface area contributed by atoms with Gasteiger partial charge in [-0.25, -0.2) is 0 Å². The second kappa shape index (κ2) is 4.84. The number of nitriles is 1. The van der Waals surface area contributed by atoms with Gasteiger partial charge in [0.05, 0.1) is 11.1 Å². The fraction of sp³-hybridized carbons (Fsp3) is 0.100. The van der Waals surface area contributed by atoms with Gasteiger partial charge in [0.2, 0.25) is 0 Å². The van der Waals surface area contributed by atoms with Gasteiger partial charge in [-0.2, -0.15) is 5.26 Å². The molecule has 0 saturated carbocycles. The van der Waals surface area contributed by atoms with E-state index in [-0.39, 0.29) is 0 Å². The van der Waals surface area contributed by atoms with Gasteiger partial charge in [0.25, 0.3) is 0 Å². The van der Waals surface area contributed by atoms with Gasteiger partial charge in [0.15, 0.2) is 0 Å². The molecule has 0 amide bonds. The van der Waals surface area contributed by atoms with Crippen LogP contribution in [0.5, 0.6) is 0 Å². The van der Waals surface area contributed by atoms with E-state index in [0.29, 0.717) is 21.2 Å². The fourth-order valence-corrected chi connectivity index (χ4v) is 1.74. The Morgan fingerprint density at radius 3 is 2.71 bits per heavy atom. The van der Waals surface area contributed by atoms with E-state index in [4.69, 9.17) is 28.5 Å². The fourth-order valence-electron chi connectivity index (χ4n) is 0.917. The summed E-state index contributed by atoms with van der Waals surface area (Å²) in [5, 5.41) is 9.60. The van der Waals surface area contributed by atoms with Gasteiger partial charge in [0, 0.05) is 20.6 Å². The van der Waals surface area contributed by atoms with Crippen molar-refractivity contribution in [2.24, 2.45) is 0 Å². The van der Waals surface area contributed by atoms with Crippen molar-refractivity contribution in [1.29, 1.82) is 5.26 Å². The van der Waals surface area contributed by atoms with Crippen molar-refractivity contribution in [1.82, 2.24) is 0 Å². The molecule has 0 spiro atoms. The summed E-state index contributed by atoms with van der Waals surface area (Å²) in [6, 6.07) is 7.31. The normalized spacial score (nSPS) is 11.9. The average molecular weight is 291 g/mol. The predicted octanol–water partition coefficient (Wildman–Crippen LogP) is 4.60. The van der Waals surface area contributed by atoms with E-state index in [1.807, 2.05) is 12.1 Å². The summed E-state index contributed by atoms with van der Waals surface area (Å²) in [5.74, 6) is 0. The molecule has 0 atom stereocenters. The third-order valence-electron chi connectivity index (χ3n) is 1.66. The van der Waals surface area contributed by atoms with Gasteiger partial charge in [-0.15, -0.1) is 0 Å². The SMILES string of the molecule is CC(C#N)=C(Cl)c1cc(Br)ccc1Cl. The number of hydrogen-bond donors (Lipinski definition) is 0. The Bertz CT molecular complexity index is 432. The molecule has 72 valence electrons. The molecular formula is C10H6BrCl2N. The highest BCUT2D eigenvalue weighted by Crippen LogP contribution is 2.31. The van der Waals surface area contributed by atoms with Crippen LogP contribution in [0.2, 0.25) is 5.02 Å².